The van der Waals surface area contributed by atoms with Crippen LogP contribution in [-0.2, 0) is 16.6 Å². The molecule has 0 aliphatic carbocycles. The molecule has 1 aromatic rings. The minimum atomic E-state index is -3.43. The van der Waals surface area contributed by atoms with Crippen LogP contribution in [0, 0.1) is 6.92 Å². The monoisotopic (exact) mass is 298 g/mol. The molecule has 3 N–H and O–H groups in total. The molecule has 0 fully saturated rings. The summed E-state index contributed by atoms with van der Waals surface area (Å²) in [5.74, 6) is 0. The van der Waals surface area contributed by atoms with Crippen molar-refractivity contribution in [1.29, 1.82) is 0 Å². The molecule has 0 aliphatic rings. The first-order valence-electron chi connectivity index (χ1n) is 7.22. The molecule has 1 rings (SSSR count). The van der Waals surface area contributed by atoms with Gasteiger partial charge in [-0.25, -0.2) is 13.1 Å². The van der Waals surface area contributed by atoms with E-state index in [0.29, 0.717) is 11.4 Å². The zero-order chi connectivity index (χ0) is 15.2. The largest absolute Gasteiger partial charge is 0.326 e. The third kappa shape index (κ3) is 4.89. The molecule has 114 valence electrons. The number of aryl methyl sites for hydroxylation is 1. The van der Waals surface area contributed by atoms with Crippen molar-refractivity contribution in [3.05, 3.63) is 29.3 Å². The lowest BCUT2D eigenvalue weighted by molar-refractivity contribution is 0.527. The quantitative estimate of drug-likeness (QED) is 0.725. The summed E-state index contributed by atoms with van der Waals surface area (Å²) in [5, 5.41) is 0. The van der Waals surface area contributed by atoms with Gasteiger partial charge < -0.3 is 5.73 Å². The molecule has 0 aromatic heterocycles. The average molecular weight is 298 g/mol. The van der Waals surface area contributed by atoms with Gasteiger partial charge in [-0.15, -0.1) is 0 Å². The van der Waals surface area contributed by atoms with Crippen LogP contribution in [-0.4, -0.2) is 14.5 Å². The summed E-state index contributed by atoms with van der Waals surface area (Å²) in [6, 6.07) is 5.05. The fraction of sp³-hybridized carbons (Fsp3) is 0.600. The Morgan fingerprint density at radius 3 is 2.55 bits per heavy atom. The Labute approximate surface area is 122 Å². The maximum Gasteiger partial charge on any atom is 0.240 e. The topological polar surface area (TPSA) is 72.2 Å². The predicted octanol–water partition coefficient (Wildman–Crippen LogP) is 2.70. The van der Waals surface area contributed by atoms with Gasteiger partial charge in [0.2, 0.25) is 10.0 Å². The van der Waals surface area contributed by atoms with Gasteiger partial charge in [-0.3, -0.25) is 0 Å². The van der Waals surface area contributed by atoms with Crippen LogP contribution >= 0.6 is 0 Å². The molecule has 0 aliphatic heterocycles. The highest BCUT2D eigenvalue weighted by molar-refractivity contribution is 7.89. The Hall–Kier alpha value is -0.910. The summed E-state index contributed by atoms with van der Waals surface area (Å²) >= 11 is 0. The zero-order valence-corrected chi connectivity index (χ0v) is 13.5. The standard InChI is InChI=1S/C15H26N2O2S/c1-4-5-6-7-13(3)17-20(18,19)15-9-8-14(11-16)12(2)10-15/h8-10,13,17H,4-7,11,16H2,1-3H3. The minimum absolute atomic E-state index is 0.0407. The van der Waals surface area contributed by atoms with Crippen LogP contribution in [0.15, 0.2) is 23.1 Å². The maximum absolute atomic E-state index is 12.3. The molecule has 1 aromatic carbocycles. The van der Waals surface area contributed by atoms with Crippen molar-refractivity contribution in [2.75, 3.05) is 0 Å². The van der Waals surface area contributed by atoms with Crippen molar-refractivity contribution < 1.29 is 8.42 Å². The van der Waals surface area contributed by atoms with Crippen LogP contribution in [0.1, 0.15) is 50.7 Å². The van der Waals surface area contributed by atoms with Gasteiger partial charge in [0.05, 0.1) is 4.90 Å². The third-order valence-electron chi connectivity index (χ3n) is 3.44. The van der Waals surface area contributed by atoms with E-state index in [0.717, 1.165) is 36.8 Å². The lowest BCUT2D eigenvalue weighted by Crippen LogP contribution is -2.32. The first kappa shape index (κ1) is 17.1. The van der Waals surface area contributed by atoms with E-state index in [2.05, 4.69) is 11.6 Å². The second kappa shape index (κ2) is 7.76. The molecule has 0 spiro atoms. The second-order valence-electron chi connectivity index (χ2n) is 5.31. The van der Waals surface area contributed by atoms with Crippen molar-refractivity contribution in [2.24, 2.45) is 5.73 Å². The van der Waals surface area contributed by atoms with Crippen LogP contribution in [0.25, 0.3) is 0 Å². The van der Waals surface area contributed by atoms with Crippen LogP contribution in [0.4, 0.5) is 0 Å². The van der Waals surface area contributed by atoms with Gasteiger partial charge in [-0.2, -0.15) is 0 Å². The second-order valence-corrected chi connectivity index (χ2v) is 7.02. The summed E-state index contributed by atoms with van der Waals surface area (Å²) in [6.07, 6.45) is 4.19. The molecule has 0 saturated carbocycles. The molecule has 0 amide bonds. The van der Waals surface area contributed by atoms with Crippen molar-refractivity contribution in [1.82, 2.24) is 4.72 Å². The van der Waals surface area contributed by atoms with E-state index in [9.17, 15) is 8.42 Å². The van der Waals surface area contributed by atoms with E-state index in [-0.39, 0.29) is 6.04 Å². The Morgan fingerprint density at radius 2 is 2.00 bits per heavy atom. The number of nitrogens with two attached hydrogens (primary N) is 1. The molecule has 20 heavy (non-hydrogen) atoms. The Morgan fingerprint density at radius 1 is 1.30 bits per heavy atom. The SMILES string of the molecule is CCCCCC(C)NS(=O)(=O)c1ccc(CN)c(C)c1. The predicted molar refractivity (Wildman–Crippen MR) is 83.0 cm³/mol. The Kier molecular flexibility index (Phi) is 6.65. The lowest BCUT2D eigenvalue weighted by Gasteiger charge is -2.15. The fourth-order valence-corrected chi connectivity index (χ4v) is 3.52. The molecule has 0 radical (unpaired) electrons. The third-order valence-corrected chi connectivity index (χ3v) is 5.03. The lowest BCUT2D eigenvalue weighted by atomic mass is 10.1. The molecule has 5 heteroatoms. The Balaban J connectivity index is 2.75. The van der Waals surface area contributed by atoms with E-state index in [1.54, 1.807) is 18.2 Å². The van der Waals surface area contributed by atoms with Gasteiger partial charge in [0.15, 0.2) is 0 Å². The number of benzene rings is 1. The first-order valence-corrected chi connectivity index (χ1v) is 8.71. The molecular formula is C15H26N2O2S. The summed E-state index contributed by atoms with van der Waals surface area (Å²) in [6.45, 7) is 6.35. The maximum atomic E-state index is 12.3. The molecule has 1 atom stereocenters. The van der Waals surface area contributed by atoms with Crippen molar-refractivity contribution in [3.8, 4) is 0 Å². The van der Waals surface area contributed by atoms with E-state index in [1.165, 1.54) is 0 Å². The molecular weight excluding hydrogens is 272 g/mol. The normalized spacial score (nSPS) is 13.4. The summed E-state index contributed by atoms with van der Waals surface area (Å²) in [5.41, 5.74) is 7.48. The van der Waals surface area contributed by atoms with Gasteiger partial charge in [0, 0.05) is 12.6 Å². The van der Waals surface area contributed by atoms with Crippen molar-refractivity contribution >= 4 is 10.0 Å². The molecule has 0 bridgehead atoms. The average Bonchev–Trinajstić information content (AvgIpc) is 2.38. The zero-order valence-electron chi connectivity index (χ0n) is 12.6. The van der Waals surface area contributed by atoms with Crippen LogP contribution in [0.5, 0.6) is 0 Å². The molecule has 1 unspecified atom stereocenters. The number of sulfonamides is 1. The molecule has 4 nitrogen and oxygen atoms in total. The van der Waals surface area contributed by atoms with Gasteiger partial charge >= 0.3 is 0 Å². The fourth-order valence-electron chi connectivity index (χ4n) is 2.16. The Bertz CT molecular complexity index is 527. The van der Waals surface area contributed by atoms with E-state index in [1.807, 2.05) is 13.8 Å². The van der Waals surface area contributed by atoms with E-state index in [4.69, 9.17) is 5.73 Å². The van der Waals surface area contributed by atoms with Gasteiger partial charge in [-0.1, -0.05) is 32.3 Å². The summed E-state index contributed by atoms with van der Waals surface area (Å²) in [7, 11) is -3.43. The van der Waals surface area contributed by atoms with Crippen molar-refractivity contribution in [2.45, 2.75) is 63.9 Å². The number of hydrogen-bond donors (Lipinski definition) is 2. The highest BCUT2D eigenvalue weighted by Gasteiger charge is 2.17. The van der Waals surface area contributed by atoms with Crippen LogP contribution in [0.2, 0.25) is 0 Å². The van der Waals surface area contributed by atoms with Gasteiger partial charge in [-0.05, 0) is 43.5 Å². The number of rotatable bonds is 8. The number of hydrogen-bond acceptors (Lipinski definition) is 3. The van der Waals surface area contributed by atoms with Crippen LogP contribution in [0.3, 0.4) is 0 Å². The van der Waals surface area contributed by atoms with Crippen molar-refractivity contribution in [3.63, 3.8) is 0 Å². The highest BCUT2D eigenvalue weighted by Crippen LogP contribution is 2.16. The highest BCUT2D eigenvalue weighted by atomic mass is 32.2. The summed E-state index contributed by atoms with van der Waals surface area (Å²) in [4.78, 5) is 0.314. The first-order chi connectivity index (χ1) is 9.40. The number of nitrogens with one attached hydrogen (secondary N) is 1. The summed E-state index contributed by atoms with van der Waals surface area (Å²) < 4.78 is 27.3. The smallest absolute Gasteiger partial charge is 0.240 e. The van der Waals surface area contributed by atoms with Gasteiger partial charge in [0.25, 0.3) is 0 Å². The van der Waals surface area contributed by atoms with Gasteiger partial charge in [0.1, 0.15) is 0 Å². The van der Waals surface area contributed by atoms with E-state index < -0.39 is 10.0 Å². The number of unbranched alkanes of at least 4 members (excludes halogenated alkanes) is 2. The molecule has 0 heterocycles. The van der Waals surface area contributed by atoms with E-state index >= 15 is 0 Å². The molecule has 0 saturated heterocycles. The minimum Gasteiger partial charge on any atom is -0.326 e. The van der Waals surface area contributed by atoms with Crippen LogP contribution < -0.4 is 10.5 Å².